The summed E-state index contributed by atoms with van der Waals surface area (Å²) in [4.78, 5) is 25.7. The largest absolute Gasteiger partial charge is 0.510 e. The number of rotatable bonds is 9. The lowest BCUT2D eigenvalue weighted by molar-refractivity contribution is -0.125. The van der Waals surface area contributed by atoms with Crippen LogP contribution in [0.3, 0.4) is 0 Å². The first kappa shape index (κ1) is 26.3. The Morgan fingerprint density at radius 3 is 1.97 bits per heavy atom. The summed E-state index contributed by atoms with van der Waals surface area (Å²) in [5.41, 5.74) is 2.00. The fraction of sp³-hybridized carbons (Fsp3) is 0.241. The van der Waals surface area contributed by atoms with Crippen molar-refractivity contribution in [1.29, 1.82) is 0 Å². The molecule has 2 amide bonds. The third-order valence-electron chi connectivity index (χ3n) is 6.05. The maximum Gasteiger partial charge on any atom is 0.279 e. The van der Waals surface area contributed by atoms with Crippen molar-refractivity contribution in [3.05, 3.63) is 102 Å². The highest BCUT2D eigenvalue weighted by Crippen LogP contribution is 2.39. The first-order chi connectivity index (χ1) is 17.2. The zero-order valence-electron chi connectivity index (χ0n) is 21.0. The summed E-state index contributed by atoms with van der Waals surface area (Å²) in [7, 11) is 0. The Hall–Kier alpha value is -4.26. The van der Waals surface area contributed by atoms with Crippen LogP contribution < -0.4 is 10.6 Å². The molecule has 3 rings (SSSR count). The fourth-order valence-corrected chi connectivity index (χ4v) is 4.01. The molecule has 3 aromatic rings. The minimum absolute atomic E-state index is 0.0701. The number of nitrogens with zero attached hydrogens (tertiary/aromatic N) is 2. The highest BCUT2D eigenvalue weighted by Gasteiger charge is 2.36. The van der Waals surface area contributed by atoms with E-state index in [9.17, 15) is 14.7 Å². The van der Waals surface area contributed by atoms with Crippen LogP contribution >= 0.6 is 0 Å². The number of nitrogens with one attached hydrogen (secondary N) is 2. The number of hydrogen-bond donors (Lipinski definition) is 3. The number of benzene rings is 3. The standard InChI is InChI=1S/C29H32N4O3/c1-5-25(21-12-8-6-9-13-21)29(3,4)28(36)31-23-16-18-24(19-17-23)32-33-26(20(2)34)27(35)30-22-14-10-7-11-15-22/h6-19,25,34H,5H2,1-4H3,(H,30,35)(H,31,36). The van der Waals surface area contributed by atoms with Gasteiger partial charge in [-0.15, -0.1) is 5.11 Å². The van der Waals surface area contributed by atoms with Crippen molar-refractivity contribution >= 4 is 28.9 Å². The summed E-state index contributed by atoms with van der Waals surface area (Å²) in [6, 6.07) is 25.8. The Kier molecular flexibility index (Phi) is 8.73. The summed E-state index contributed by atoms with van der Waals surface area (Å²) in [5, 5.41) is 23.6. The van der Waals surface area contributed by atoms with Crippen LogP contribution in [-0.4, -0.2) is 16.9 Å². The van der Waals surface area contributed by atoms with E-state index in [2.05, 4.69) is 39.9 Å². The molecule has 0 fully saturated rings. The number of azo groups is 1. The number of amides is 2. The van der Waals surface area contributed by atoms with E-state index >= 15 is 0 Å². The van der Waals surface area contributed by atoms with E-state index in [0.29, 0.717) is 17.1 Å². The van der Waals surface area contributed by atoms with E-state index < -0.39 is 11.3 Å². The Balaban J connectivity index is 1.68. The van der Waals surface area contributed by atoms with Crippen LogP contribution in [-0.2, 0) is 9.59 Å². The number of anilines is 2. The number of allylic oxidation sites excluding steroid dienone is 1. The van der Waals surface area contributed by atoms with E-state index in [1.807, 2.05) is 38.1 Å². The molecule has 0 radical (unpaired) electrons. The molecule has 186 valence electrons. The molecule has 0 saturated heterocycles. The zero-order chi connectivity index (χ0) is 26.1. The number of aliphatic hydroxyl groups is 1. The summed E-state index contributed by atoms with van der Waals surface area (Å²) >= 11 is 0. The quantitative estimate of drug-likeness (QED) is 0.168. The monoisotopic (exact) mass is 484 g/mol. The molecule has 7 heteroatoms. The lowest BCUT2D eigenvalue weighted by Crippen LogP contribution is -2.36. The first-order valence-electron chi connectivity index (χ1n) is 11.9. The summed E-state index contributed by atoms with van der Waals surface area (Å²) < 4.78 is 0. The average molecular weight is 485 g/mol. The van der Waals surface area contributed by atoms with Crippen molar-refractivity contribution in [2.45, 2.75) is 40.0 Å². The summed E-state index contributed by atoms with van der Waals surface area (Å²) in [6.07, 6.45) is 0.835. The van der Waals surface area contributed by atoms with E-state index in [-0.39, 0.29) is 23.3 Å². The number of carbonyl (C=O) groups is 2. The normalized spacial score (nSPS) is 13.1. The number of carbonyl (C=O) groups excluding carboxylic acids is 2. The van der Waals surface area contributed by atoms with E-state index in [4.69, 9.17) is 0 Å². The molecular formula is C29H32N4O3. The summed E-state index contributed by atoms with van der Waals surface area (Å²) in [6.45, 7) is 7.37. The second kappa shape index (κ2) is 11.9. The van der Waals surface area contributed by atoms with Crippen LogP contribution in [0.4, 0.5) is 17.1 Å². The van der Waals surface area contributed by atoms with Crippen molar-refractivity contribution in [1.82, 2.24) is 0 Å². The van der Waals surface area contributed by atoms with E-state index in [0.717, 1.165) is 12.0 Å². The van der Waals surface area contributed by atoms with Crippen molar-refractivity contribution in [2.24, 2.45) is 15.6 Å². The predicted molar refractivity (Wildman–Crippen MR) is 143 cm³/mol. The van der Waals surface area contributed by atoms with Gasteiger partial charge in [0.2, 0.25) is 5.91 Å². The van der Waals surface area contributed by atoms with Gasteiger partial charge in [0.25, 0.3) is 5.91 Å². The molecule has 3 N–H and O–H groups in total. The van der Waals surface area contributed by atoms with Gasteiger partial charge in [-0.1, -0.05) is 69.3 Å². The minimum atomic E-state index is -0.626. The molecule has 0 aliphatic heterocycles. The van der Waals surface area contributed by atoms with Crippen LogP contribution in [0.15, 0.2) is 107 Å². The van der Waals surface area contributed by atoms with Gasteiger partial charge >= 0.3 is 0 Å². The van der Waals surface area contributed by atoms with Gasteiger partial charge in [-0.2, -0.15) is 5.11 Å². The molecular weight excluding hydrogens is 452 g/mol. The molecule has 0 saturated carbocycles. The summed E-state index contributed by atoms with van der Waals surface area (Å²) in [5.74, 6) is -0.825. The van der Waals surface area contributed by atoms with Gasteiger partial charge in [-0.05, 0) is 61.2 Å². The van der Waals surface area contributed by atoms with Crippen molar-refractivity contribution in [3.63, 3.8) is 0 Å². The molecule has 7 nitrogen and oxygen atoms in total. The van der Waals surface area contributed by atoms with Crippen LogP contribution in [0.25, 0.3) is 0 Å². The maximum absolute atomic E-state index is 13.2. The van der Waals surface area contributed by atoms with Gasteiger partial charge < -0.3 is 15.7 Å². The molecule has 0 heterocycles. The second-order valence-corrected chi connectivity index (χ2v) is 9.05. The average Bonchev–Trinajstić information content (AvgIpc) is 2.86. The molecule has 3 aromatic carbocycles. The molecule has 0 aliphatic carbocycles. The number of para-hydroxylation sites is 1. The third kappa shape index (κ3) is 6.66. The first-order valence-corrected chi connectivity index (χ1v) is 11.9. The number of hydrogen-bond acceptors (Lipinski definition) is 5. The van der Waals surface area contributed by atoms with Crippen LogP contribution in [0.5, 0.6) is 0 Å². The second-order valence-electron chi connectivity index (χ2n) is 9.05. The molecule has 0 spiro atoms. The van der Waals surface area contributed by atoms with Gasteiger partial charge in [0.1, 0.15) is 5.76 Å². The molecule has 1 atom stereocenters. The molecule has 36 heavy (non-hydrogen) atoms. The van der Waals surface area contributed by atoms with E-state index in [1.165, 1.54) is 6.92 Å². The predicted octanol–water partition coefficient (Wildman–Crippen LogP) is 7.36. The third-order valence-corrected chi connectivity index (χ3v) is 6.05. The van der Waals surface area contributed by atoms with E-state index in [1.54, 1.807) is 48.5 Å². The van der Waals surface area contributed by atoms with Crippen molar-refractivity contribution < 1.29 is 14.7 Å². The van der Waals surface area contributed by atoms with Gasteiger partial charge in [-0.25, -0.2) is 0 Å². The Labute approximate surface area is 212 Å². The SMILES string of the molecule is CCC(c1ccccc1)C(C)(C)C(=O)Nc1ccc(N=NC(C(=O)Nc2ccccc2)=C(C)O)cc1. The highest BCUT2D eigenvalue weighted by molar-refractivity contribution is 6.03. The molecule has 1 unspecified atom stereocenters. The Bertz CT molecular complexity index is 1230. The Morgan fingerprint density at radius 2 is 1.42 bits per heavy atom. The van der Waals surface area contributed by atoms with Crippen molar-refractivity contribution in [2.75, 3.05) is 10.6 Å². The molecule has 0 aromatic heterocycles. The van der Waals surface area contributed by atoms with Crippen LogP contribution in [0.1, 0.15) is 45.6 Å². The van der Waals surface area contributed by atoms with Crippen molar-refractivity contribution in [3.8, 4) is 0 Å². The number of aliphatic hydroxyl groups excluding tert-OH is 1. The highest BCUT2D eigenvalue weighted by atomic mass is 16.3. The van der Waals surface area contributed by atoms with Crippen LogP contribution in [0.2, 0.25) is 0 Å². The Morgan fingerprint density at radius 1 is 0.861 bits per heavy atom. The lowest BCUT2D eigenvalue weighted by Gasteiger charge is -2.33. The van der Waals surface area contributed by atoms with Gasteiger partial charge in [0.15, 0.2) is 5.70 Å². The lowest BCUT2D eigenvalue weighted by atomic mass is 9.72. The fourth-order valence-electron chi connectivity index (χ4n) is 4.01. The smallest absolute Gasteiger partial charge is 0.279 e. The molecule has 0 aliphatic rings. The topological polar surface area (TPSA) is 103 Å². The van der Waals surface area contributed by atoms with Crippen LogP contribution in [0, 0.1) is 5.41 Å². The maximum atomic E-state index is 13.2. The molecule has 0 bridgehead atoms. The van der Waals surface area contributed by atoms with Gasteiger partial charge in [0.05, 0.1) is 11.1 Å². The van der Waals surface area contributed by atoms with Gasteiger partial charge in [-0.3, -0.25) is 9.59 Å². The van der Waals surface area contributed by atoms with Gasteiger partial charge in [0, 0.05) is 11.4 Å². The zero-order valence-corrected chi connectivity index (χ0v) is 21.0. The minimum Gasteiger partial charge on any atom is -0.510 e.